The SMILES string of the molecule is Brc1ccc(C2CNCC[N]2)cc1. The van der Waals surface area contributed by atoms with Gasteiger partial charge in [-0.15, -0.1) is 0 Å². The molecule has 0 saturated carbocycles. The van der Waals surface area contributed by atoms with Crippen molar-refractivity contribution in [1.29, 1.82) is 0 Å². The molecule has 1 heterocycles. The van der Waals surface area contributed by atoms with Crippen molar-refractivity contribution in [2.75, 3.05) is 19.6 Å². The summed E-state index contributed by atoms with van der Waals surface area (Å²) in [6.45, 7) is 2.93. The average molecular weight is 240 g/mol. The Bertz CT molecular complexity index is 265. The molecule has 1 unspecified atom stereocenters. The van der Waals surface area contributed by atoms with Crippen molar-refractivity contribution in [2.45, 2.75) is 6.04 Å². The van der Waals surface area contributed by atoms with Crippen LogP contribution in [0.5, 0.6) is 0 Å². The first-order chi connectivity index (χ1) is 6.36. The lowest BCUT2D eigenvalue weighted by Crippen LogP contribution is -2.38. The van der Waals surface area contributed by atoms with E-state index in [1.807, 2.05) is 0 Å². The smallest absolute Gasteiger partial charge is 0.0620 e. The Hall–Kier alpha value is -0.380. The molecular weight excluding hydrogens is 228 g/mol. The number of nitrogens with one attached hydrogen (secondary N) is 1. The molecule has 1 aliphatic heterocycles. The van der Waals surface area contributed by atoms with Gasteiger partial charge in [-0.25, -0.2) is 5.32 Å². The van der Waals surface area contributed by atoms with Crippen LogP contribution in [-0.2, 0) is 0 Å². The van der Waals surface area contributed by atoms with E-state index in [1.165, 1.54) is 5.56 Å². The molecule has 1 aliphatic rings. The van der Waals surface area contributed by atoms with Crippen molar-refractivity contribution in [1.82, 2.24) is 10.6 Å². The van der Waals surface area contributed by atoms with Crippen LogP contribution in [0.4, 0.5) is 0 Å². The molecule has 0 amide bonds. The number of benzene rings is 1. The van der Waals surface area contributed by atoms with Gasteiger partial charge in [0.25, 0.3) is 0 Å². The molecule has 0 spiro atoms. The molecule has 2 rings (SSSR count). The van der Waals surface area contributed by atoms with Crippen molar-refractivity contribution in [2.24, 2.45) is 0 Å². The second-order valence-electron chi connectivity index (χ2n) is 3.18. The van der Waals surface area contributed by atoms with E-state index in [0.29, 0.717) is 6.04 Å². The van der Waals surface area contributed by atoms with Crippen molar-refractivity contribution >= 4 is 15.9 Å². The van der Waals surface area contributed by atoms with E-state index in [-0.39, 0.29) is 0 Å². The average Bonchev–Trinajstić information content (AvgIpc) is 2.20. The van der Waals surface area contributed by atoms with Gasteiger partial charge in [0, 0.05) is 24.1 Å². The zero-order valence-corrected chi connectivity index (χ0v) is 8.92. The topological polar surface area (TPSA) is 26.1 Å². The van der Waals surface area contributed by atoms with E-state index in [0.717, 1.165) is 24.1 Å². The highest BCUT2D eigenvalue weighted by atomic mass is 79.9. The third-order valence-corrected chi connectivity index (χ3v) is 2.76. The van der Waals surface area contributed by atoms with Gasteiger partial charge in [-0.3, -0.25) is 0 Å². The molecular formula is C10H12BrN2. The Morgan fingerprint density at radius 1 is 1.31 bits per heavy atom. The van der Waals surface area contributed by atoms with Gasteiger partial charge in [-0.1, -0.05) is 28.1 Å². The molecule has 3 heteroatoms. The molecule has 1 saturated heterocycles. The highest BCUT2D eigenvalue weighted by Gasteiger charge is 2.14. The predicted molar refractivity (Wildman–Crippen MR) is 56.8 cm³/mol. The first kappa shape index (κ1) is 9.19. The highest BCUT2D eigenvalue weighted by molar-refractivity contribution is 9.10. The standard InChI is InChI=1S/C10H12BrN2/c11-9-3-1-8(2-4-9)10-7-12-5-6-13-10/h1-4,10,12H,5-7H2. The molecule has 0 aromatic heterocycles. The number of hydrogen-bond acceptors (Lipinski definition) is 1. The Balaban J connectivity index is 2.10. The highest BCUT2D eigenvalue weighted by Crippen LogP contribution is 2.18. The monoisotopic (exact) mass is 239 g/mol. The quantitative estimate of drug-likeness (QED) is 0.794. The van der Waals surface area contributed by atoms with E-state index in [4.69, 9.17) is 0 Å². The Labute approximate surface area is 86.9 Å². The largest absolute Gasteiger partial charge is 0.313 e. The molecule has 1 aromatic carbocycles. The van der Waals surface area contributed by atoms with Gasteiger partial charge in [-0.05, 0) is 17.7 Å². The normalized spacial score (nSPS) is 23.0. The summed E-state index contributed by atoms with van der Waals surface area (Å²) in [5.74, 6) is 0. The van der Waals surface area contributed by atoms with Crippen LogP contribution in [-0.4, -0.2) is 19.6 Å². The maximum absolute atomic E-state index is 4.55. The summed E-state index contributed by atoms with van der Waals surface area (Å²) in [5.41, 5.74) is 1.30. The van der Waals surface area contributed by atoms with Crippen molar-refractivity contribution in [3.63, 3.8) is 0 Å². The summed E-state index contributed by atoms with van der Waals surface area (Å²) in [4.78, 5) is 0. The minimum atomic E-state index is 0.349. The third-order valence-electron chi connectivity index (χ3n) is 2.23. The summed E-state index contributed by atoms with van der Waals surface area (Å²) >= 11 is 3.42. The van der Waals surface area contributed by atoms with Gasteiger partial charge in [0.05, 0.1) is 6.04 Å². The Morgan fingerprint density at radius 3 is 2.69 bits per heavy atom. The fourth-order valence-electron chi connectivity index (χ4n) is 1.51. The lowest BCUT2D eigenvalue weighted by molar-refractivity contribution is 0.421. The zero-order chi connectivity index (χ0) is 9.10. The molecule has 13 heavy (non-hydrogen) atoms. The predicted octanol–water partition coefficient (Wildman–Crippen LogP) is 1.70. The summed E-state index contributed by atoms with van der Waals surface area (Å²) in [6, 6.07) is 8.75. The van der Waals surface area contributed by atoms with Crippen LogP contribution in [0.2, 0.25) is 0 Å². The fourth-order valence-corrected chi connectivity index (χ4v) is 1.78. The first-order valence-corrected chi connectivity index (χ1v) is 5.28. The molecule has 1 aromatic rings. The maximum atomic E-state index is 4.55. The summed E-state index contributed by atoms with van der Waals surface area (Å²) < 4.78 is 1.13. The van der Waals surface area contributed by atoms with Crippen molar-refractivity contribution in [3.05, 3.63) is 34.3 Å². The van der Waals surface area contributed by atoms with E-state index in [2.05, 4.69) is 50.8 Å². The van der Waals surface area contributed by atoms with E-state index in [1.54, 1.807) is 0 Å². The number of piperazine rings is 1. The molecule has 1 atom stereocenters. The van der Waals surface area contributed by atoms with Gasteiger partial charge < -0.3 is 5.32 Å². The molecule has 69 valence electrons. The van der Waals surface area contributed by atoms with Gasteiger partial charge >= 0.3 is 0 Å². The molecule has 1 N–H and O–H groups in total. The van der Waals surface area contributed by atoms with Crippen LogP contribution in [0.3, 0.4) is 0 Å². The number of hydrogen-bond donors (Lipinski definition) is 1. The Morgan fingerprint density at radius 2 is 2.08 bits per heavy atom. The lowest BCUT2D eigenvalue weighted by atomic mass is 10.1. The van der Waals surface area contributed by atoms with Gasteiger partial charge in [0.2, 0.25) is 0 Å². The number of rotatable bonds is 1. The number of nitrogens with zero attached hydrogens (tertiary/aromatic N) is 1. The second kappa shape index (κ2) is 4.22. The van der Waals surface area contributed by atoms with Crippen LogP contribution < -0.4 is 10.6 Å². The van der Waals surface area contributed by atoms with E-state index >= 15 is 0 Å². The molecule has 1 radical (unpaired) electrons. The summed E-state index contributed by atoms with van der Waals surface area (Å²) in [6.07, 6.45) is 0. The third kappa shape index (κ3) is 2.30. The lowest BCUT2D eigenvalue weighted by Gasteiger charge is -2.22. The van der Waals surface area contributed by atoms with E-state index in [9.17, 15) is 0 Å². The van der Waals surface area contributed by atoms with Gasteiger partial charge in [0.15, 0.2) is 0 Å². The zero-order valence-electron chi connectivity index (χ0n) is 7.33. The number of halogens is 1. The van der Waals surface area contributed by atoms with Gasteiger partial charge in [-0.2, -0.15) is 0 Å². The van der Waals surface area contributed by atoms with E-state index < -0.39 is 0 Å². The molecule has 2 nitrogen and oxygen atoms in total. The minimum absolute atomic E-state index is 0.349. The minimum Gasteiger partial charge on any atom is -0.313 e. The van der Waals surface area contributed by atoms with Crippen LogP contribution in [0.1, 0.15) is 11.6 Å². The molecule has 1 fully saturated rings. The molecule has 0 aliphatic carbocycles. The van der Waals surface area contributed by atoms with Crippen LogP contribution in [0.25, 0.3) is 0 Å². The van der Waals surface area contributed by atoms with Crippen molar-refractivity contribution < 1.29 is 0 Å². The second-order valence-corrected chi connectivity index (χ2v) is 4.09. The Kier molecular flexibility index (Phi) is 2.98. The van der Waals surface area contributed by atoms with Gasteiger partial charge in [0.1, 0.15) is 0 Å². The van der Waals surface area contributed by atoms with Crippen molar-refractivity contribution in [3.8, 4) is 0 Å². The van der Waals surface area contributed by atoms with Crippen LogP contribution >= 0.6 is 15.9 Å². The maximum Gasteiger partial charge on any atom is 0.0620 e. The molecule has 0 bridgehead atoms. The van der Waals surface area contributed by atoms with Crippen LogP contribution in [0, 0.1) is 0 Å². The summed E-state index contributed by atoms with van der Waals surface area (Å²) in [7, 11) is 0. The fraction of sp³-hybridized carbons (Fsp3) is 0.400. The summed E-state index contributed by atoms with van der Waals surface area (Å²) in [5, 5.41) is 7.89. The first-order valence-electron chi connectivity index (χ1n) is 4.49. The van der Waals surface area contributed by atoms with Crippen LogP contribution in [0.15, 0.2) is 28.7 Å².